The molecule has 1 saturated heterocycles. The van der Waals surface area contributed by atoms with E-state index >= 15 is 0 Å². The number of ether oxygens (including phenoxy) is 1. The van der Waals surface area contributed by atoms with Crippen LogP contribution in [0.5, 0.6) is 0 Å². The molecule has 1 aliphatic rings. The van der Waals surface area contributed by atoms with Crippen LogP contribution in [0.4, 0.5) is 0 Å². The summed E-state index contributed by atoms with van der Waals surface area (Å²) in [5.41, 5.74) is 1.37. The minimum Gasteiger partial charge on any atom is -0.379 e. The molecule has 0 radical (unpaired) electrons. The predicted octanol–water partition coefficient (Wildman–Crippen LogP) is 1.11. The van der Waals surface area contributed by atoms with E-state index in [2.05, 4.69) is 9.88 Å². The molecular weight excluding hydrogens is 292 g/mol. The molecule has 0 aromatic carbocycles. The van der Waals surface area contributed by atoms with Crippen molar-refractivity contribution in [3.05, 3.63) is 52.4 Å². The first kappa shape index (κ1) is 15.4. The van der Waals surface area contributed by atoms with E-state index in [9.17, 15) is 4.79 Å². The molecule has 3 rings (SSSR count). The van der Waals surface area contributed by atoms with Gasteiger partial charge in [0.1, 0.15) is 11.6 Å². The Balaban J connectivity index is 1.92. The highest BCUT2D eigenvalue weighted by Crippen LogP contribution is 2.15. The quantitative estimate of drug-likeness (QED) is 0.846. The highest BCUT2D eigenvalue weighted by molar-refractivity contribution is 5.55. The van der Waals surface area contributed by atoms with Crippen LogP contribution in [-0.4, -0.2) is 47.3 Å². The molecule has 0 saturated carbocycles. The van der Waals surface area contributed by atoms with Gasteiger partial charge in [-0.15, -0.1) is 0 Å². The van der Waals surface area contributed by atoms with Crippen molar-refractivity contribution in [2.45, 2.75) is 6.54 Å². The number of nitrogens with zero attached hydrogens (tertiary/aromatic N) is 4. The Morgan fingerprint density at radius 1 is 1.17 bits per heavy atom. The van der Waals surface area contributed by atoms with E-state index in [1.165, 1.54) is 0 Å². The summed E-state index contributed by atoms with van der Waals surface area (Å²) in [6.45, 7) is 4.45. The van der Waals surface area contributed by atoms with E-state index in [-0.39, 0.29) is 11.1 Å². The fourth-order valence-corrected chi connectivity index (χ4v) is 2.69. The Morgan fingerprint density at radius 2 is 2.00 bits per heavy atom. The third-order valence-corrected chi connectivity index (χ3v) is 3.97. The lowest BCUT2D eigenvalue weighted by Crippen LogP contribution is -2.39. The summed E-state index contributed by atoms with van der Waals surface area (Å²) < 4.78 is 6.99. The van der Waals surface area contributed by atoms with E-state index in [1.54, 1.807) is 22.9 Å². The molecule has 2 aromatic heterocycles. The van der Waals surface area contributed by atoms with Crippen molar-refractivity contribution in [1.82, 2.24) is 14.5 Å². The topological polar surface area (TPSA) is 71.2 Å². The van der Waals surface area contributed by atoms with Gasteiger partial charge in [0.05, 0.1) is 24.6 Å². The molecule has 1 fully saturated rings. The number of nitriles is 1. The second kappa shape index (κ2) is 7.18. The number of hydrogen-bond acceptors (Lipinski definition) is 5. The molecule has 3 heterocycles. The fraction of sp³-hybridized carbons (Fsp3) is 0.353. The zero-order valence-electron chi connectivity index (χ0n) is 12.8. The lowest BCUT2D eigenvalue weighted by Gasteiger charge is -2.27. The maximum Gasteiger partial charge on any atom is 0.269 e. The Morgan fingerprint density at radius 3 is 2.70 bits per heavy atom. The number of aromatic nitrogens is 2. The lowest BCUT2D eigenvalue weighted by molar-refractivity contribution is 0.0363. The normalized spacial score (nSPS) is 15.3. The van der Waals surface area contributed by atoms with Crippen LogP contribution in [0.25, 0.3) is 11.4 Å². The minimum absolute atomic E-state index is 0.159. The smallest absolute Gasteiger partial charge is 0.269 e. The average molecular weight is 310 g/mol. The summed E-state index contributed by atoms with van der Waals surface area (Å²) >= 11 is 0. The third-order valence-electron chi connectivity index (χ3n) is 3.97. The predicted molar refractivity (Wildman–Crippen MR) is 85.9 cm³/mol. The van der Waals surface area contributed by atoms with Crippen molar-refractivity contribution in [3.8, 4) is 17.5 Å². The van der Waals surface area contributed by atoms with Crippen molar-refractivity contribution < 1.29 is 4.74 Å². The van der Waals surface area contributed by atoms with Crippen LogP contribution in [0.2, 0.25) is 0 Å². The van der Waals surface area contributed by atoms with E-state index < -0.39 is 0 Å². The molecule has 1 aliphatic heterocycles. The zero-order valence-corrected chi connectivity index (χ0v) is 12.8. The molecule has 0 N–H and O–H groups in total. The van der Waals surface area contributed by atoms with Gasteiger partial charge in [-0.3, -0.25) is 14.7 Å². The Hall–Kier alpha value is -2.49. The first-order valence-electron chi connectivity index (χ1n) is 7.65. The van der Waals surface area contributed by atoms with Crippen LogP contribution in [0, 0.1) is 11.3 Å². The Bertz CT molecular complexity index is 758. The molecule has 0 aliphatic carbocycles. The highest BCUT2D eigenvalue weighted by Gasteiger charge is 2.14. The molecular formula is C17H18N4O2. The van der Waals surface area contributed by atoms with E-state index in [4.69, 9.17) is 10.00 Å². The van der Waals surface area contributed by atoms with Gasteiger partial charge in [0.15, 0.2) is 0 Å². The fourth-order valence-electron chi connectivity index (χ4n) is 2.69. The molecule has 0 bridgehead atoms. The summed E-state index contributed by atoms with van der Waals surface area (Å²) in [5.74, 6) is 0. The van der Waals surface area contributed by atoms with Crippen LogP contribution in [0.15, 0.2) is 41.3 Å². The summed E-state index contributed by atoms with van der Waals surface area (Å²) in [6, 6.07) is 10.9. The number of rotatable bonds is 4. The van der Waals surface area contributed by atoms with Crippen LogP contribution >= 0.6 is 0 Å². The average Bonchev–Trinajstić information content (AvgIpc) is 2.62. The maximum atomic E-state index is 12.5. The van der Waals surface area contributed by atoms with Gasteiger partial charge >= 0.3 is 0 Å². The molecule has 0 atom stereocenters. The van der Waals surface area contributed by atoms with Gasteiger partial charge < -0.3 is 9.30 Å². The molecule has 6 nitrogen and oxygen atoms in total. The van der Waals surface area contributed by atoms with Crippen molar-refractivity contribution in [1.29, 1.82) is 5.26 Å². The van der Waals surface area contributed by atoms with Crippen LogP contribution in [-0.2, 0) is 11.3 Å². The molecule has 118 valence electrons. The first-order valence-corrected chi connectivity index (χ1v) is 7.65. The highest BCUT2D eigenvalue weighted by atomic mass is 16.5. The Kier molecular flexibility index (Phi) is 4.81. The van der Waals surface area contributed by atoms with Crippen molar-refractivity contribution in [2.24, 2.45) is 0 Å². The van der Waals surface area contributed by atoms with Crippen LogP contribution in [0.3, 0.4) is 0 Å². The van der Waals surface area contributed by atoms with Crippen molar-refractivity contribution >= 4 is 0 Å². The summed E-state index contributed by atoms with van der Waals surface area (Å²) in [7, 11) is 0. The zero-order chi connectivity index (χ0) is 16.1. The van der Waals surface area contributed by atoms with Gasteiger partial charge in [0.25, 0.3) is 5.56 Å². The second-order valence-corrected chi connectivity index (χ2v) is 5.37. The van der Waals surface area contributed by atoms with E-state index in [0.717, 1.165) is 44.2 Å². The van der Waals surface area contributed by atoms with Crippen LogP contribution in [0.1, 0.15) is 5.56 Å². The van der Waals surface area contributed by atoms with Crippen molar-refractivity contribution in [3.63, 3.8) is 0 Å². The molecule has 6 heteroatoms. The number of pyridine rings is 2. The monoisotopic (exact) mass is 310 g/mol. The van der Waals surface area contributed by atoms with Gasteiger partial charge in [-0.25, -0.2) is 0 Å². The Labute approximate surface area is 134 Å². The standard InChI is InChI=1S/C17H18N4O2/c18-13-14-4-5-16(15-3-1-2-6-19-15)21(17(14)22)8-7-20-9-11-23-12-10-20/h1-6H,7-12H2. The van der Waals surface area contributed by atoms with Crippen molar-refractivity contribution in [2.75, 3.05) is 32.8 Å². The molecule has 0 unspecified atom stereocenters. The SMILES string of the molecule is N#Cc1ccc(-c2ccccn2)n(CCN2CCOCC2)c1=O. The lowest BCUT2D eigenvalue weighted by atomic mass is 10.2. The van der Waals surface area contributed by atoms with Gasteiger partial charge in [-0.05, 0) is 24.3 Å². The van der Waals surface area contributed by atoms with Crippen LogP contribution < -0.4 is 5.56 Å². The van der Waals surface area contributed by atoms with E-state index in [1.807, 2.05) is 24.3 Å². The number of hydrogen-bond donors (Lipinski definition) is 0. The molecule has 2 aromatic rings. The molecule has 0 amide bonds. The largest absolute Gasteiger partial charge is 0.379 e. The number of morpholine rings is 1. The van der Waals surface area contributed by atoms with E-state index in [0.29, 0.717) is 6.54 Å². The molecule has 23 heavy (non-hydrogen) atoms. The van der Waals surface area contributed by atoms with Gasteiger partial charge in [-0.2, -0.15) is 5.26 Å². The second-order valence-electron chi connectivity index (χ2n) is 5.37. The van der Waals surface area contributed by atoms with Gasteiger partial charge in [0.2, 0.25) is 0 Å². The summed E-state index contributed by atoms with van der Waals surface area (Å²) in [4.78, 5) is 19.1. The summed E-state index contributed by atoms with van der Waals surface area (Å²) in [6.07, 6.45) is 1.70. The first-order chi connectivity index (χ1) is 11.3. The maximum absolute atomic E-state index is 12.5. The van der Waals surface area contributed by atoms with Gasteiger partial charge in [0, 0.05) is 32.4 Å². The minimum atomic E-state index is -0.260. The van der Waals surface area contributed by atoms with Gasteiger partial charge in [-0.1, -0.05) is 6.07 Å². The summed E-state index contributed by atoms with van der Waals surface area (Å²) in [5, 5.41) is 9.12. The molecule has 0 spiro atoms. The third kappa shape index (κ3) is 3.47.